The van der Waals surface area contributed by atoms with Crippen LogP contribution in [0.4, 0.5) is 5.69 Å². The highest BCUT2D eigenvalue weighted by Gasteiger charge is 2.36. The molecular weight excluding hydrogens is 324 g/mol. The number of nitrogens with one attached hydrogen (secondary N) is 2. The molecule has 1 amide bonds. The SMILES string of the molecule is CC1(C)Cc2ccccc2NC1c1cccc(C(=O)NC2CCOC2)c1. The third-order valence-corrected chi connectivity index (χ3v) is 5.49. The van der Waals surface area contributed by atoms with Gasteiger partial charge in [0, 0.05) is 17.9 Å². The molecule has 0 saturated carbocycles. The molecule has 1 saturated heterocycles. The molecular formula is C22H26N2O2. The van der Waals surface area contributed by atoms with Crippen molar-refractivity contribution in [2.75, 3.05) is 18.5 Å². The van der Waals surface area contributed by atoms with Crippen LogP contribution in [0.2, 0.25) is 0 Å². The van der Waals surface area contributed by atoms with Gasteiger partial charge in [0.05, 0.1) is 18.7 Å². The first-order chi connectivity index (χ1) is 12.5. The molecule has 0 radical (unpaired) electrons. The van der Waals surface area contributed by atoms with Crippen molar-refractivity contribution >= 4 is 11.6 Å². The van der Waals surface area contributed by atoms with Gasteiger partial charge in [-0.1, -0.05) is 44.2 Å². The van der Waals surface area contributed by atoms with E-state index in [1.165, 1.54) is 11.3 Å². The average molecular weight is 350 g/mol. The van der Waals surface area contributed by atoms with E-state index in [4.69, 9.17) is 4.74 Å². The van der Waals surface area contributed by atoms with Gasteiger partial charge in [-0.05, 0) is 47.6 Å². The molecule has 26 heavy (non-hydrogen) atoms. The maximum atomic E-state index is 12.6. The van der Waals surface area contributed by atoms with Crippen LogP contribution in [0.3, 0.4) is 0 Å². The summed E-state index contributed by atoms with van der Waals surface area (Å²) < 4.78 is 5.35. The zero-order valence-corrected chi connectivity index (χ0v) is 15.4. The molecule has 2 aromatic carbocycles. The molecule has 4 rings (SSSR count). The predicted molar refractivity (Wildman–Crippen MR) is 103 cm³/mol. The van der Waals surface area contributed by atoms with Crippen LogP contribution < -0.4 is 10.6 Å². The minimum Gasteiger partial charge on any atom is -0.379 e. The first kappa shape index (κ1) is 17.1. The lowest BCUT2D eigenvalue weighted by Gasteiger charge is -2.41. The summed E-state index contributed by atoms with van der Waals surface area (Å²) in [6.07, 6.45) is 1.90. The highest BCUT2D eigenvalue weighted by Crippen LogP contribution is 2.44. The monoisotopic (exact) mass is 350 g/mol. The number of amides is 1. The van der Waals surface area contributed by atoms with Crippen LogP contribution in [-0.2, 0) is 11.2 Å². The van der Waals surface area contributed by atoms with Crippen molar-refractivity contribution in [3.63, 3.8) is 0 Å². The van der Waals surface area contributed by atoms with Gasteiger partial charge >= 0.3 is 0 Å². The van der Waals surface area contributed by atoms with Gasteiger partial charge in [0.15, 0.2) is 0 Å². The molecule has 0 bridgehead atoms. The molecule has 2 aliphatic heterocycles. The number of benzene rings is 2. The van der Waals surface area contributed by atoms with E-state index in [-0.39, 0.29) is 23.4 Å². The predicted octanol–water partition coefficient (Wildman–Crippen LogP) is 3.94. The fraction of sp³-hybridized carbons (Fsp3) is 0.409. The van der Waals surface area contributed by atoms with Gasteiger partial charge in [0.25, 0.3) is 5.91 Å². The molecule has 4 nitrogen and oxygen atoms in total. The standard InChI is InChI=1S/C22H26N2O2/c1-22(2)13-17-6-3-4-9-19(17)24-20(22)15-7-5-8-16(12-15)21(25)23-18-10-11-26-14-18/h3-9,12,18,20,24H,10-11,13-14H2,1-2H3,(H,23,25). The van der Waals surface area contributed by atoms with E-state index in [0.717, 1.165) is 25.0 Å². The minimum absolute atomic E-state index is 0.0173. The van der Waals surface area contributed by atoms with Crippen LogP contribution in [0.25, 0.3) is 0 Å². The Morgan fingerprint density at radius 3 is 2.85 bits per heavy atom. The van der Waals surface area contributed by atoms with Crippen LogP contribution in [0, 0.1) is 5.41 Å². The van der Waals surface area contributed by atoms with Gasteiger partial charge in [-0.2, -0.15) is 0 Å². The average Bonchev–Trinajstić information content (AvgIpc) is 3.13. The first-order valence-electron chi connectivity index (χ1n) is 9.36. The quantitative estimate of drug-likeness (QED) is 0.881. The molecule has 2 heterocycles. The van der Waals surface area contributed by atoms with Crippen molar-refractivity contribution in [3.05, 3.63) is 65.2 Å². The molecule has 2 aromatic rings. The third kappa shape index (κ3) is 3.34. The number of rotatable bonds is 3. The molecule has 2 aliphatic rings. The lowest BCUT2D eigenvalue weighted by atomic mass is 9.73. The normalized spacial score (nSPS) is 23.8. The maximum absolute atomic E-state index is 12.6. The molecule has 2 atom stereocenters. The number of hydrogen-bond donors (Lipinski definition) is 2. The van der Waals surface area contributed by atoms with Crippen LogP contribution >= 0.6 is 0 Å². The van der Waals surface area contributed by atoms with Crippen molar-refractivity contribution in [1.29, 1.82) is 0 Å². The fourth-order valence-electron chi connectivity index (χ4n) is 4.07. The number of ether oxygens (including phenoxy) is 1. The maximum Gasteiger partial charge on any atom is 0.251 e. The second-order valence-electron chi connectivity index (χ2n) is 8.06. The number of carbonyl (C=O) groups is 1. The van der Waals surface area contributed by atoms with Gasteiger partial charge < -0.3 is 15.4 Å². The molecule has 0 aromatic heterocycles. The van der Waals surface area contributed by atoms with Crippen molar-refractivity contribution in [2.24, 2.45) is 5.41 Å². The molecule has 136 valence electrons. The molecule has 0 aliphatic carbocycles. The molecule has 4 heteroatoms. The molecule has 2 unspecified atom stereocenters. The van der Waals surface area contributed by atoms with E-state index < -0.39 is 0 Å². The second-order valence-corrected chi connectivity index (χ2v) is 8.06. The topological polar surface area (TPSA) is 50.4 Å². The van der Waals surface area contributed by atoms with Crippen LogP contribution in [0.5, 0.6) is 0 Å². The number of para-hydroxylation sites is 1. The van der Waals surface area contributed by atoms with Crippen molar-refractivity contribution in [1.82, 2.24) is 5.32 Å². The van der Waals surface area contributed by atoms with Gasteiger partial charge in [-0.3, -0.25) is 4.79 Å². The zero-order chi connectivity index (χ0) is 18.1. The van der Waals surface area contributed by atoms with Crippen LogP contribution in [-0.4, -0.2) is 25.2 Å². The smallest absolute Gasteiger partial charge is 0.251 e. The molecule has 0 spiro atoms. The van der Waals surface area contributed by atoms with E-state index in [2.05, 4.69) is 54.8 Å². The molecule has 2 N–H and O–H groups in total. The van der Waals surface area contributed by atoms with E-state index in [1.807, 2.05) is 18.2 Å². The van der Waals surface area contributed by atoms with E-state index >= 15 is 0 Å². The Morgan fingerprint density at radius 2 is 2.04 bits per heavy atom. The van der Waals surface area contributed by atoms with Gasteiger partial charge in [-0.25, -0.2) is 0 Å². The summed E-state index contributed by atoms with van der Waals surface area (Å²) in [7, 11) is 0. The van der Waals surface area contributed by atoms with Gasteiger partial charge in [0.2, 0.25) is 0 Å². The van der Waals surface area contributed by atoms with Crippen LogP contribution in [0.1, 0.15) is 47.8 Å². The third-order valence-electron chi connectivity index (χ3n) is 5.49. The highest BCUT2D eigenvalue weighted by molar-refractivity contribution is 5.94. The summed E-state index contributed by atoms with van der Waals surface area (Å²) >= 11 is 0. The fourth-order valence-corrected chi connectivity index (χ4v) is 4.07. The Kier molecular flexibility index (Phi) is 4.45. The Bertz CT molecular complexity index is 809. The lowest BCUT2D eigenvalue weighted by Crippen LogP contribution is -2.36. The largest absolute Gasteiger partial charge is 0.379 e. The molecule has 1 fully saturated rings. The van der Waals surface area contributed by atoms with E-state index in [1.54, 1.807) is 0 Å². The zero-order valence-electron chi connectivity index (χ0n) is 15.4. The second kappa shape index (κ2) is 6.76. The van der Waals surface area contributed by atoms with E-state index in [9.17, 15) is 4.79 Å². The Hall–Kier alpha value is -2.33. The Balaban J connectivity index is 1.58. The summed E-state index contributed by atoms with van der Waals surface area (Å²) in [5, 5.41) is 6.77. The summed E-state index contributed by atoms with van der Waals surface area (Å²) in [6.45, 7) is 5.90. The van der Waals surface area contributed by atoms with Crippen molar-refractivity contribution in [2.45, 2.75) is 38.8 Å². The summed E-state index contributed by atoms with van der Waals surface area (Å²) in [6, 6.07) is 16.8. The van der Waals surface area contributed by atoms with E-state index in [0.29, 0.717) is 12.2 Å². The minimum atomic E-state index is -0.0173. The van der Waals surface area contributed by atoms with Crippen molar-refractivity contribution in [3.8, 4) is 0 Å². The number of anilines is 1. The number of carbonyl (C=O) groups excluding carboxylic acids is 1. The van der Waals surface area contributed by atoms with Gasteiger partial charge in [0.1, 0.15) is 0 Å². The first-order valence-corrected chi connectivity index (χ1v) is 9.36. The highest BCUT2D eigenvalue weighted by atomic mass is 16.5. The Morgan fingerprint density at radius 1 is 1.19 bits per heavy atom. The number of fused-ring (bicyclic) bond motifs is 1. The lowest BCUT2D eigenvalue weighted by molar-refractivity contribution is 0.0929. The number of hydrogen-bond acceptors (Lipinski definition) is 3. The summed E-state index contributed by atoms with van der Waals surface area (Å²) in [4.78, 5) is 12.6. The van der Waals surface area contributed by atoms with Gasteiger partial charge in [-0.15, -0.1) is 0 Å². The van der Waals surface area contributed by atoms with Crippen molar-refractivity contribution < 1.29 is 9.53 Å². The summed E-state index contributed by atoms with van der Waals surface area (Å²) in [5.74, 6) is -0.0173. The van der Waals surface area contributed by atoms with Crippen LogP contribution in [0.15, 0.2) is 48.5 Å². The Labute approximate surface area is 155 Å². The summed E-state index contributed by atoms with van der Waals surface area (Å²) in [5.41, 5.74) is 4.47.